The molecule has 0 N–H and O–H groups in total. The van der Waals surface area contributed by atoms with Crippen molar-refractivity contribution in [1.29, 1.82) is 0 Å². The predicted octanol–water partition coefficient (Wildman–Crippen LogP) is 3.34. The fraction of sp³-hybridized carbons (Fsp3) is 0.167. The molecule has 2 aromatic heterocycles. The number of halogens is 1. The zero-order valence-corrected chi connectivity index (χ0v) is 11.5. The lowest BCUT2D eigenvalue weighted by Crippen LogP contribution is -2.05. The summed E-state index contributed by atoms with van der Waals surface area (Å²) in [7, 11) is 1.51. The molecular weight excluding hydrogens is 302 g/mol. The van der Waals surface area contributed by atoms with Gasteiger partial charge in [0.15, 0.2) is 5.78 Å². The average Bonchev–Trinajstić information content (AvgIpc) is 2.74. The summed E-state index contributed by atoms with van der Waals surface area (Å²) in [5, 5.41) is 1.96. The molecule has 0 aliphatic carbocycles. The largest absolute Gasteiger partial charge is 0.480 e. The van der Waals surface area contributed by atoms with Gasteiger partial charge in [0, 0.05) is 27.3 Å². The van der Waals surface area contributed by atoms with Crippen molar-refractivity contribution in [1.82, 2.24) is 4.98 Å². The minimum atomic E-state index is 0.0179. The average molecular weight is 312 g/mol. The first-order valence-electron chi connectivity index (χ1n) is 4.96. The molecule has 0 unspecified atom stereocenters. The summed E-state index contributed by atoms with van der Waals surface area (Å²) in [5.74, 6) is 0.400. The van der Waals surface area contributed by atoms with Crippen LogP contribution in [-0.4, -0.2) is 17.9 Å². The minimum Gasteiger partial charge on any atom is -0.480 e. The van der Waals surface area contributed by atoms with Crippen molar-refractivity contribution in [2.75, 3.05) is 7.11 Å². The molecule has 5 heteroatoms. The van der Waals surface area contributed by atoms with Gasteiger partial charge in [-0.3, -0.25) is 4.79 Å². The Labute approximate surface area is 112 Å². The molecule has 2 aromatic rings. The highest BCUT2D eigenvalue weighted by Crippen LogP contribution is 2.23. The third-order valence-electron chi connectivity index (χ3n) is 2.22. The lowest BCUT2D eigenvalue weighted by Gasteiger charge is -2.04. The summed E-state index contributed by atoms with van der Waals surface area (Å²) < 4.78 is 6.07. The maximum Gasteiger partial charge on any atom is 0.224 e. The maximum atomic E-state index is 12.1. The number of carbonyl (C=O) groups is 1. The number of ketones is 1. The molecule has 0 saturated heterocycles. The van der Waals surface area contributed by atoms with Gasteiger partial charge < -0.3 is 4.74 Å². The van der Waals surface area contributed by atoms with Crippen LogP contribution >= 0.6 is 27.3 Å². The smallest absolute Gasteiger partial charge is 0.224 e. The molecule has 2 heterocycles. The zero-order valence-electron chi connectivity index (χ0n) is 9.14. The van der Waals surface area contributed by atoms with Gasteiger partial charge in [-0.05, 0) is 34.1 Å². The molecule has 0 amide bonds. The minimum absolute atomic E-state index is 0.0179. The van der Waals surface area contributed by atoms with Gasteiger partial charge in [0.25, 0.3) is 0 Å². The molecule has 88 valence electrons. The summed E-state index contributed by atoms with van der Waals surface area (Å²) in [6, 6.07) is 5.42. The molecular formula is C12H10BrNO2S. The lowest BCUT2D eigenvalue weighted by molar-refractivity contribution is 0.0990. The molecule has 0 radical (unpaired) electrons. The Morgan fingerprint density at radius 3 is 3.06 bits per heavy atom. The molecule has 0 saturated carbocycles. The Balaban J connectivity index is 2.20. The van der Waals surface area contributed by atoms with E-state index in [1.54, 1.807) is 29.7 Å². The van der Waals surface area contributed by atoms with Crippen LogP contribution in [0.25, 0.3) is 0 Å². The van der Waals surface area contributed by atoms with Crippen LogP contribution in [0.3, 0.4) is 0 Å². The van der Waals surface area contributed by atoms with Gasteiger partial charge in [0.2, 0.25) is 5.88 Å². The second-order valence-electron chi connectivity index (χ2n) is 3.39. The predicted molar refractivity (Wildman–Crippen MR) is 70.8 cm³/mol. The Morgan fingerprint density at radius 2 is 2.41 bits per heavy atom. The van der Waals surface area contributed by atoms with E-state index in [-0.39, 0.29) is 5.78 Å². The van der Waals surface area contributed by atoms with Gasteiger partial charge in [-0.1, -0.05) is 0 Å². The van der Waals surface area contributed by atoms with Gasteiger partial charge in [-0.25, -0.2) is 4.98 Å². The number of rotatable bonds is 4. The second kappa shape index (κ2) is 5.42. The first-order chi connectivity index (χ1) is 8.20. The number of pyridine rings is 1. The van der Waals surface area contributed by atoms with Crippen molar-refractivity contribution >= 4 is 33.0 Å². The Kier molecular flexibility index (Phi) is 3.91. The van der Waals surface area contributed by atoms with Gasteiger partial charge in [0.1, 0.15) is 0 Å². The van der Waals surface area contributed by atoms with Crippen molar-refractivity contribution in [3.05, 3.63) is 44.7 Å². The number of methoxy groups -OCH3 is 1. The van der Waals surface area contributed by atoms with Crippen molar-refractivity contribution in [2.24, 2.45) is 0 Å². The van der Waals surface area contributed by atoms with Crippen LogP contribution in [0, 0.1) is 0 Å². The SMILES string of the molecule is COc1ncccc1C(=O)Cc1cc(Br)cs1. The second-order valence-corrected chi connectivity index (χ2v) is 5.30. The van der Waals surface area contributed by atoms with Gasteiger partial charge >= 0.3 is 0 Å². The summed E-state index contributed by atoms with van der Waals surface area (Å²) in [4.78, 5) is 17.1. The molecule has 0 fully saturated rings. The fourth-order valence-corrected chi connectivity index (χ4v) is 2.92. The zero-order chi connectivity index (χ0) is 12.3. The number of thiophene rings is 1. The van der Waals surface area contributed by atoms with E-state index in [1.807, 2.05) is 11.4 Å². The monoisotopic (exact) mass is 311 g/mol. The van der Waals surface area contributed by atoms with E-state index < -0.39 is 0 Å². The third kappa shape index (κ3) is 2.92. The van der Waals surface area contributed by atoms with Crippen LogP contribution in [0.1, 0.15) is 15.2 Å². The normalized spacial score (nSPS) is 10.2. The number of carbonyl (C=O) groups excluding carboxylic acids is 1. The van der Waals surface area contributed by atoms with Gasteiger partial charge in [0.05, 0.1) is 12.7 Å². The first kappa shape index (κ1) is 12.3. The van der Waals surface area contributed by atoms with E-state index in [4.69, 9.17) is 4.74 Å². The van der Waals surface area contributed by atoms with Crippen LogP contribution in [-0.2, 0) is 6.42 Å². The third-order valence-corrected chi connectivity index (χ3v) is 3.92. The van der Waals surface area contributed by atoms with E-state index in [9.17, 15) is 4.79 Å². The Bertz CT molecular complexity index is 539. The van der Waals surface area contributed by atoms with E-state index in [2.05, 4.69) is 20.9 Å². The molecule has 3 nitrogen and oxygen atoms in total. The highest BCUT2D eigenvalue weighted by atomic mass is 79.9. The van der Waals surface area contributed by atoms with E-state index >= 15 is 0 Å². The fourth-order valence-electron chi connectivity index (χ4n) is 1.47. The first-order valence-corrected chi connectivity index (χ1v) is 6.63. The number of Topliss-reactive ketones (excluding diaryl/α,β-unsaturated/α-hetero) is 1. The quantitative estimate of drug-likeness (QED) is 0.813. The Morgan fingerprint density at radius 1 is 1.59 bits per heavy atom. The van der Waals surface area contributed by atoms with Crippen LogP contribution in [0.2, 0.25) is 0 Å². The number of aromatic nitrogens is 1. The lowest BCUT2D eigenvalue weighted by atomic mass is 10.1. The number of hydrogen-bond acceptors (Lipinski definition) is 4. The molecule has 0 bridgehead atoms. The molecule has 0 spiro atoms. The van der Waals surface area contributed by atoms with Gasteiger partial charge in [-0.2, -0.15) is 0 Å². The molecule has 0 aliphatic rings. The van der Waals surface area contributed by atoms with Crippen molar-refractivity contribution in [3.63, 3.8) is 0 Å². The van der Waals surface area contributed by atoms with Crippen LogP contribution in [0.4, 0.5) is 0 Å². The summed E-state index contributed by atoms with van der Waals surface area (Å²) >= 11 is 4.93. The molecule has 0 aliphatic heterocycles. The van der Waals surface area contributed by atoms with Crippen molar-refractivity contribution < 1.29 is 9.53 Å². The molecule has 0 aromatic carbocycles. The topological polar surface area (TPSA) is 39.2 Å². The van der Waals surface area contributed by atoms with Crippen LogP contribution in [0.5, 0.6) is 5.88 Å². The van der Waals surface area contributed by atoms with Crippen LogP contribution in [0.15, 0.2) is 34.2 Å². The molecule has 2 rings (SSSR count). The standard InChI is InChI=1S/C12H10BrNO2S/c1-16-12-10(3-2-4-14-12)11(15)6-9-5-8(13)7-17-9/h2-5,7H,6H2,1H3. The highest BCUT2D eigenvalue weighted by molar-refractivity contribution is 9.10. The van der Waals surface area contributed by atoms with Crippen molar-refractivity contribution in [2.45, 2.75) is 6.42 Å². The van der Waals surface area contributed by atoms with Crippen molar-refractivity contribution in [3.8, 4) is 5.88 Å². The summed E-state index contributed by atoms with van der Waals surface area (Å²) in [5.41, 5.74) is 0.527. The van der Waals surface area contributed by atoms with Gasteiger partial charge in [-0.15, -0.1) is 11.3 Å². The number of hydrogen-bond donors (Lipinski definition) is 0. The molecule has 17 heavy (non-hydrogen) atoms. The highest BCUT2D eigenvalue weighted by Gasteiger charge is 2.14. The molecule has 0 atom stereocenters. The maximum absolute atomic E-state index is 12.1. The van der Waals surface area contributed by atoms with Crippen LogP contribution < -0.4 is 4.74 Å². The summed E-state index contributed by atoms with van der Waals surface area (Å²) in [6.07, 6.45) is 1.98. The Hall–Kier alpha value is -1.20. The van der Waals surface area contributed by atoms with E-state index in [1.165, 1.54) is 7.11 Å². The van der Waals surface area contributed by atoms with E-state index in [0.717, 1.165) is 9.35 Å². The number of nitrogens with zero attached hydrogens (tertiary/aromatic N) is 1. The summed E-state index contributed by atoms with van der Waals surface area (Å²) in [6.45, 7) is 0. The number of ether oxygens (including phenoxy) is 1. The van der Waals surface area contributed by atoms with E-state index in [0.29, 0.717) is 17.9 Å².